The summed E-state index contributed by atoms with van der Waals surface area (Å²) in [5.74, 6) is -0.249. The van der Waals surface area contributed by atoms with Crippen LogP contribution in [-0.2, 0) is 4.74 Å². The van der Waals surface area contributed by atoms with Crippen LogP contribution in [-0.4, -0.2) is 29.6 Å². The van der Waals surface area contributed by atoms with Crippen LogP contribution >= 0.6 is 23.2 Å². The van der Waals surface area contributed by atoms with Crippen molar-refractivity contribution in [1.82, 2.24) is 10.3 Å². The third-order valence-electron chi connectivity index (χ3n) is 2.75. The molecule has 2 heterocycles. The fourth-order valence-electron chi connectivity index (χ4n) is 1.75. The number of carbonyl (C=O) groups excluding carboxylic acids is 1. The molecular formula is C11H12Cl2N2O2. The molecule has 4 nitrogen and oxygen atoms in total. The van der Waals surface area contributed by atoms with E-state index in [-0.39, 0.29) is 28.4 Å². The van der Waals surface area contributed by atoms with Crippen molar-refractivity contribution in [2.45, 2.75) is 25.5 Å². The Morgan fingerprint density at radius 2 is 2.29 bits per heavy atom. The molecule has 17 heavy (non-hydrogen) atoms. The molecule has 0 bridgehead atoms. The molecule has 92 valence electrons. The van der Waals surface area contributed by atoms with Crippen molar-refractivity contribution in [3.8, 4) is 0 Å². The van der Waals surface area contributed by atoms with Gasteiger partial charge in [-0.2, -0.15) is 0 Å². The number of carbonyl (C=O) groups is 1. The Kier molecular flexibility index (Phi) is 3.86. The molecule has 0 saturated carbocycles. The SMILES string of the molecule is CC1OCCC1NC(=O)c1ccc(Cl)nc1Cl. The maximum Gasteiger partial charge on any atom is 0.254 e. The van der Waals surface area contributed by atoms with Crippen LogP contribution in [0.15, 0.2) is 12.1 Å². The number of nitrogens with one attached hydrogen (secondary N) is 1. The summed E-state index contributed by atoms with van der Waals surface area (Å²) >= 11 is 11.5. The molecule has 1 fully saturated rings. The van der Waals surface area contributed by atoms with Gasteiger partial charge in [-0.05, 0) is 25.5 Å². The standard InChI is InChI=1S/C11H12Cl2N2O2/c1-6-8(4-5-17-6)14-11(16)7-2-3-9(12)15-10(7)13/h2-3,6,8H,4-5H2,1H3,(H,14,16). The summed E-state index contributed by atoms with van der Waals surface area (Å²) < 4.78 is 5.37. The summed E-state index contributed by atoms with van der Waals surface area (Å²) in [6, 6.07) is 3.12. The third kappa shape index (κ3) is 2.89. The van der Waals surface area contributed by atoms with E-state index < -0.39 is 0 Å². The Balaban J connectivity index is 2.09. The van der Waals surface area contributed by atoms with E-state index in [1.54, 1.807) is 6.07 Å². The summed E-state index contributed by atoms with van der Waals surface area (Å²) in [7, 11) is 0. The highest BCUT2D eigenvalue weighted by Gasteiger charge is 2.26. The van der Waals surface area contributed by atoms with E-state index in [0.717, 1.165) is 6.42 Å². The zero-order valence-corrected chi connectivity index (χ0v) is 10.8. The minimum atomic E-state index is -0.249. The van der Waals surface area contributed by atoms with Gasteiger partial charge >= 0.3 is 0 Å². The second-order valence-corrected chi connectivity index (χ2v) is 4.66. The Labute approximate surface area is 109 Å². The van der Waals surface area contributed by atoms with Crippen LogP contribution in [0.25, 0.3) is 0 Å². The van der Waals surface area contributed by atoms with E-state index in [1.165, 1.54) is 6.07 Å². The first-order valence-corrected chi connectivity index (χ1v) is 6.08. The van der Waals surface area contributed by atoms with Gasteiger partial charge in [0.25, 0.3) is 5.91 Å². The van der Waals surface area contributed by atoms with Gasteiger partial charge in [0.2, 0.25) is 0 Å². The second kappa shape index (κ2) is 5.21. The molecule has 0 spiro atoms. The molecule has 0 radical (unpaired) electrons. The van der Waals surface area contributed by atoms with Crippen molar-refractivity contribution in [2.24, 2.45) is 0 Å². The van der Waals surface area contributed by atoms with Gasteiger partial charge in [-0.15, -0.1) is 0 Å². The fourth-order valence-corrected chi connectivity index (χ4v) is 2.18. The molecule has 0 aromatic carbocycles. The number of halogens is 2. The van der Waals surface area contributed by atoms with E-state index in [9.17, 15) is 4.79 Å². The Morgan fingerprint density at radius 3 is 2.88 bits per heavy atom. The lowest BCUT2D eigenvalue weighted by molar-refractivity contribution is 0.0866. The molecule has 1 amide bonds. The minimum Gasteiger partial charge on any atom is -0.376 e. The highest BCUT2D eigenvalue weighted by atomic mass is 35.5. The van der Waals surface area contributed by atoms with Gasteiger partial charge in [-0.25, -0.2) is 4.98 Å². The van der Waals surface area contributed by atoms with E-state index in [2.05, 4.69) is 10.3 Å². The van der Waals surface area contributed by atoms with E-state index in [1.807, 2.05) is 6.92 Å². The lowest BCUT2D eigenvalue weighted by Crippen LogP contribution is -2.39. The lowest BCUT2D eigenvalue weighted by atomic mass is 10.1. The average Bonchev–Trinajstić information content (AvgIpc) is 2.64. The first kappa shape index (κ1) is 12.6. The first-order chi connectivity index (χ1) is 8.08. The number of amides is 1. The molecular weight excluding hydrogens is 263 g/mol. The van der Waals surface area contributed by atoms with Gasteiger partial charge in [-0.1, -0.05) is 23.2 Å². The predicted octanol–water partition coefficient (Wildman–Crippen LogP) is 2.30. The van der Waals surface area contributed by atoms with Gasteiger partial charge in [0.1, 0.15) is 10.3 Å². The molecule has 1 aromatic rings. The molecule has 1 aliphatic rings. The monoisotopic (exact) mass is 274 g/mol. The summed E-state index contributed by atoms with van der Waals surface area (Å²) in [6.45, 7) is 2.60. The van der Waals surface area contributed by atoms with Gasteiger partial charge in [0, 0.05) is 6.61 Å². The number of aromatic nitrogens is 1. The van der Waals surface area contributed by atoms with E-state index in [4.69, 9.17) is 27.9 Å². The molecule has 1 N–H and O–H groups in total. The smallest absolute Gasteiger partial charge is 0.254 e. The largest absolute Gasteiger partial charge is 0.376 e. The maximum absolute atomic E-state index is 11.9. The molecule has 0 aliphatic carbocycles. The predicted molar refractivity (Wildman–Crippen MR) is 65.5 cm³/mol. The Bertz CT molecular complexity index is 439. The Morgan fingerprint density at radius 1 is 1.53 bits per heavy atom. The molecule has 1 saturated heterocycles. The molecule has 1 aromatic heterocycles. The Hall–Kier alpha value is -0.840. The van der Waals surface area contributed by atoms with Gasteiger partial charge in [-0.3, -0.25) is 4.79 Å². The zero-order valence-electron chi connectivity index (χ0n) is 9.24. The first-order valence-electron chi connectivity index (χ1n) is 5.32. The van der Waals surface area contributed by atoms with Crippen LogP contribution in [0.3, 0.4) is 0 Å². The van der Waals surface area contributed by atoms with Gasteiger partial charge < -0.3 is 10.1 Å². The maximum atomic E-state index is 11.9. The lowest BCUT2D eigenvalue weighted by Gasteiger charge is -2.16. The topological polar surface area (TPSA) is 51.2 Å². The molecule has 2 atom stereocenters. The number of rotatable bonds is 2. The van der Waals surface area contributed by atoms with Crippen LogP contribution in [0.5, 0.6) is 0 Å². The number of nitrogens with zero attached hydrogens (tertiary/aromatic N) is 1. The third-order valence-corrected chi connectivity index (χ3v) is 3.25. The van der Waals surface area contributed by atoms with Crippen molar-refractivity contribution < 1.29 is 9.53 Å². The summed E-state index contributed by atoms with van der Waals surface area (Å²) in [4.78, 5) is 15.8. The average molecular weight is 275 g/mol. The summed E-state index contributed by atoms with van der Waals surface area (Å²) in [5.41, 5.74) is 0.329. The van der Waals surface area contributed by atoms with Gasteiger partial charge in [0.05, 0.1) is 17.7 Å². The van der Waals surface area contributed by atoms with E-state index in [0.29, 0.717) is 12.2 Å². The molecule has 1 aliphatic heterocycles. The van der Waals surface area contributed by atoms with Crippen molar-refractivity contribution in [3.05, 3.63) is 28.0 Å². The molecule has 2 rings (SSSR count). The highest BCUT2D eigenvalue weighted by Crippen LogP contribution is 2.18. The molecule has 6 heteroatoms. The second-order valence-electron chi connectivity index (χ2n) is 3.92. The number of pyridine rings is 1. The van der Waals surface area contributed by atoms with Crippen LogP contribution < -0.4 is 5.32 Å². The summed E-state index contributed by atoms with van der Waals surface area (Å²) in [6.07, 6.45) is 0.837. The van der Waals surface area contributed by atoms with Crippen molar-refractivity contribution in [2.75, 3.05) is 6.61 Å². The van der Waals surface area contributed by atoms with Crippen LogP contribution in [0, 0.1) is 0 Å². The van der Waals surface area contributed by atoms with E-state index >= 15 is 0 Å². The van der Waals surface area contributed by atoms with Gasteiger partial charge in [0.15, 0.2) is 0 Å². The molecule has 2 unspecified atom stereocenters. The highest BCUT2D eigenvalue weighted by molar-refractivity contribution is 6.34. The minimum absolute atomic E-state index is 0.0224. The quantitative estimate of drug-likeness (QED) is 0.842. The number of hydrogen-bond acceptors (Lipinski definition) is 3. The van der Waals surface area contributed by atoms with Crippen LogP contribution in [0.1, 0.15) is 23.7 Å². The van der Waals surface area contributed by atoms with Crippen molar-refractivity contribution in [3.63, 3.8) is 0 Å². The number of ether oxygens (including phenoxy) is 1. The number of hydrogen-bond donors (Lipinski definition) is 1. The van der Waals surface area contributed by atoms with Crippen molar-refractivity contribution >= 4 is 29.1 Å². The summed E-state index contributed by atoms with van der Waals surface area (Å²) in [5, 5.41) is 3.25. The normalized spacial score (nSPS) is 23.7. The van der Waals surface area contributed by atoms with Crippen LogP contribution in [0.2, 0.25) is 10.3 Å². The van der Waals surface area contributed by atoms with Crippen LogP contribution in [0.4, 0.5) is 0 Å². The zero-order chi connectivity index (χ0) is 12.4. The fraction of sp³-hybridized carbons (Fsp3) is 0.455. The van der Waals surface area contributed by atoms with Crippen molar-refractivity contribution in [1.29, 1.82) is 0 Å².